The Morgan fingerprint density at radius 1 is 1.06 bits per heavy atom. The van der Waals surface area contributed by atoms with Crippen molar-refractivity contribution >= 4 is 23.1 Å². The number of carbonyl (C=O) groups excluding carboxylic acids is 2. The number of anilines is 1. The summed E-state index contributed by atoms with van der Waals surface area (Å²) < 4.78 is 11.1. The van der Waals surface area contributed by atoms with Crippen LogP contribution in [-0.4, -0.2) is 23.4 Å². The molecule has 1 aromatic heterocycles. The highest BCUT2D eigenvalue weighted by Crippen LogP contribution is 2.42. The maximum atomic E-state index is 13.1. The highest BCUT2D eigenvalue weighted by Gasteiger charge is 2.48. The van der Waals surface area contributed by atoms with Crippen LogP contribution in [0.5, 0.6) is 5.75 Å². The quantitative estimate of drug-likeness (QED) is 0.352. The number of hydrogen-bond donors (Lipinski definition) is 1. The molecule has 31 heavy (non-hydrogen) atoms. The first-order valence-electron chi connectivity index (χ1n) is 10.2. The molecule has 6 heteroatoms. The predicted molar refractivity (Wildman–Crippen MR) is 117 cm³/mol. The number of rotatable bonds is 6. The van der Waals surface area contributed by atoms with Crippen LogP contribution in [0, 0.1) is 0 Å². The van der Waals surface area contributed by atoms with Crippen LogP contribution < -0.4 is 9.64 Å². The van der Waals surface area contributed by atoms with Crippen molar-refractivity contribution in [2.45, 2.75) is 26.3 Å². The third-order valence-electron chi connectivity index (χ3n) is 5.30. The van der Waals surface area contributed by atoms with Gasteiger partial charge in [-0.3, -0.25) is 14.5 Å². The second-order valence-corrected chi connectivity index (χ2v) is 7.17. The predicted octanol–water partition coefficient (Wildman–Crippen LogP) is 4.87. The van der Waals surface area contributed by atoms with Crippen LogP contribution in [0.1, 0.15) is 36.8 Å². The number of aryl methyl sites for hydroxylation is 1. The van der Waals surface area contributed by atoms with Crippen molar-refractivity contribution in [2.24, 2.45) is 0 Å². The lowest BCUT2D eigenvalue weighted by atomic mass is 9.99. The first-order chi connectivity index (χ1) is 15.0. The molecule has 1 aliphatic rings. The van der Waals surface area contributed by atoms with Gasteiger partial charge in [0.05, 0.1) is 18.4 Å². The van der Waals surface area contributed by atoms with Gasteiger partial charge in [0.25, 0.3) is 11.7 Å². The molecule has 0 spiro atoms. The Labute approximate surface area is 180 Å². The average molecular weight is 417 g/mol. The fourth-order valence-corrected chi connectivity index (χ4v) is 3.76. The number of furan rings is 1. The topological polar surface area (TPSA) is 80.0 Å². The van der Waals surface area contributed by atoms with E-state index in [2.05, 4.69) is 0 Å². The van der Waals surface area contributed by atoms with Crippen molar-refractivity contribution in [3.05, 3.63) is 89.4 Å². The summed E-state index contributed by atoms with van der Waals surface area (Å²) in [5.74, 6) is -0.797. The Morgan fingerprint density at radius 2 is 1.84 bits per heavy atom. The molecule has 6 nitrogen and oxygen atoms in total. The molecule has 0 radical (unpaired) electrons. The lowest BCUT2D eigenvalue weighted by Crippen LogP contribution is -2.29. The van der Waals surface area contributed by atoms with Crippen molar-refractivity contribution in [3.63, 3.8) is 0 Å². The van der Waals surface area contributed by atoms with E-state index in [-0.39, 0.29) is 11.3 Å². The standard InChI is InChI=1S/C25H23NO5/c1-3-16-10-12-18(13-11-16)26-22(20-9-6-14-31-20)21(24(28)25(26)29)23(27)17-7-5-8-19(15-17)30-4-2/h5-15,22,27H,3-4H2,1-2H3/b23-21-. The monoisotopic (exact) mass is 417 g/mol. The zero-order valence-electron chi connectivity index (χ0n) is 17.4. The van der Waals surface area contributed by atoms with E-state index in [0.29, 0.717) is 29.4 Å². The number of Topliss-reactive ketones (excluding diaryl/α,β-unsaturated/α-hetero) is 1. The lowest BCUT2D eigenvalue weighted by molar-refractivity contribution is -0.132. The fraction of sp³-hybridized carbons (Fsp3) is 0.200. The molecule has 1 N–H and O–H groups in total. The van der Waals surface area contributed by atoms with Gasteiger partial charge in [0.15, 0.2) is 0 Å². The molecule has 4 rings (SSSR count). The summed E-state index contributed by atoms with van der Waals surface area (Å²) in [4.78, 5) is 27.5. The van der Waals surface area contributed by atoms with Gasteiger partial charge in [-0.2, -0.15) is 0 Å². The summed E-state index contributed by atoms with van der Waals surface area (Å²) in [7, 11) is 0. The van der Waals surface area contributed by atoms with E-state index < -0.39 is 17.7 Å². The number of ketones is 1. The minimum Gasteiger partial charge on any atom is -0.507 e. The number of ether oxygens (including phenoxy) is 1. The van der Waals surface area contributed by atoms with Crippen LogP contribution in [0.4, 0.5) is 5.69 Å². The molecule has 1 amide bonds. The molecule has 0 aliphatic carbocycles. The number of hydrogen-bond acceptors (Lipinski definition) is 5. The van der Waals surface area contributed by atoms with Gasteiger partial charge in [-0.25, -0.2) is 0 Å². The zero-order valence-corrected chi connectivity index (χ0v) is 17.4. The Balaban J connectivity index is 1.86. The van der Waals surface area contributed by atoms with Gasteiger partial charge in [0.2, 0.25) is 0 Å². The van der Waals surface area contributed by atoms with Gasteiger partial charge >= 0.3 is 0 Å². The number of aliphatic hydroxyl groups excluding tert-OH is 1. The third-order valence-corrected chi connectivity index (χ3v) is 5.30. The van der Waals surface area contributed by atoms with Gasteiger partial charge in [-0.15, -0.1) is 0 Å². The van der Waals surface area contributed by atoms with Gasteiger partial charge in [-0.05, 0) is 55.3 Å². The molecule has 1 saturated heterocycles. The molecule has 1 atom stereocenters. The number of benzene rings is 2. The Morgan fingerprint density at radius 3 is 2.48 bits per heavy atom. The summed E-state index contributed by atoms with van der Waals surface area (Å²) in [6.45, 7) is 4.37. The van der Waals surface area contributed by atoms with Crippen LogP contribution in [-0.2, 0) is 16.0 Å². The molecule has 1 fully saturated rings. The van der Waals surface area contributed by atoms with Crippen LogP contribution in [0.2, 0.25) is 0 Å². The molecular weight excluding hydrogens is 394 g/mol. The third kappa shape index (κ3) is 3.72. The second kappa shape index (κ2) is 8.52. The van der Waals surface area contributed by atoms with Gasteiger partial charge < -0.3 is 14.3 Å². The summed E-state index contributed by atoms with van der Waals surface area (Å²) in [5.41, 5.74) is 2.04. The van der Waals surface area contributed by atoms with Crippen molar-refractivity contribution < 1.29 is 23.8 Å². The van der Waals surface area contributed by atoms with Crippen LogP contribution in [0.15, 0.2) is 76.9 Å². The van der Waals surface area contributed by atoms with E-state index in [1.807, 2.05) is 26.0 Å². The molecule has 1 aliphatic heterocycles. The molecule has 0 bridgehead atoms. The number of aliphatic hydroxyl groups is 1. The Bertz CT molecular complexity index is 1130. The van der Waals surface area contributed by atoms with E-state index in [4.69, 9.17) is 9.15 Å². The van der Waals surface area contributed by atoms with Crippen molar-refractivity contribution in [3.8, 4) is 5.75 Å². The van der Waals surface area contributed by atoms with Crippen molar-refractivity contribution in [2.75, 3.05) is 11.5 Å². The van der Waals surface area contributed by atoms with E-state index in [9.17, 15) is 14.7 Å². The first-order valence-corrected chi connectivity index (χ1v) is 10.2. The van der Waals surface area contributed by atoms with Crippen LogP contribution >= 0.6 is 0 Å². The van der Waals surface area contributed by atoms with Gasteiger partial charge in [-0.1, -0.05) is 31.2 Å². The highest BCUT2D eigenvalue weighted by atomic mass is 16.5. The average Bonchev–Trinajstić information content (AvgIpc) is 3.41. The molecule has 1 unspecified atom stereocenters. The normalized spacial score (nSPS) is 17.9. The number of nitrogens with zero attached hydrogens (tertiary/aromatic N) is 1. The van der Waals surface area contributed by atoms with Crippen molar-refractivity contribution in [1.29, 1.82) is 0 Å². The molecule has 2 aromatic carbocycles. The summed E-state index contributed by atoms with van der Waals surface area (Å²) in [6.07, 6.45) is 2.34. The minimum atomic E-state index is -0.877. The lowest BCUT2D eigenvalue weighted by Gasteiger charge is -2.23. The van der Waals surface area contributed by atoms with Crippen molar-refractivity contribution in [1.82, 2.24) is 0 Å². The minimum absolute atomic E-state index is 0.0202. The maximum Gasteiger partial charge on any atom is 0.300 e. The SMILES string of the molecule is CCOc1cccc(/C(O)=C2/C(=O)C(=O)N(c3ccc(CC)cc3)C2c2ccco2)c1. The molecule has 2 heterocycles. The fourth-order valence-electron chi connectivity index (χ4n) is 3.76. The van der Waals surface area contributed by atoms with Gasteiger partial charge in [0.1, 0.15) is 23.3 Å². The summed E-state index contributed by atoms with van der Waals surface area (Å²) in [5, 5.41) is 11.1. The highest BCUT2D eigenvalue weighted by molar-refractivity contribution is 6.51. The molecular formula is C25H23NO5. The number of carbonyl (C=O) groups is 2. The Hall–Kier alpha value is -3.80. The van der Waals surface area contributed by atoms with Crippen LogP contribution in [0.3, 0.4) is 0 Å². The molecule has 158 valence electrons. The van der Waals surface area contributed by atoms with E-state index in [0.717, 1.165) is 12.0 Å². The van der Waals surface area contributed by atoms with Crippen LogP contribution in [0.25, 0.3) is 5.76 Å². The number of amides is 1. The Kier molecular flexibility index (Phi) is 5.62. The van der Waals surface area contributed by atoms with Gasteiger partial charge in [0, 0.05) is 11.3 Å². The summed E-state index contributed by atoms with van der Waals surface area (Å²) >= 11 is 0. The first kappa shape index (κ1) is 20.5. The molecule has 0 saturated carbocycles. The van der Waals surface area contributed by atoms with E-state index >= 15 is 0 Å². The summed E-state index contributed by atoms with van der Waals surface area (Å²) in [6, 6.07) is 16.7. The van der Waals surface area contributed by atoms with E-state index in [1.165, 1.54) is 11.2 Å². The zero-order chi connectivity index (χ0) is 22.0. The molecule has 3 aromatic rings. The van der Waals surface area contributed by atoms with E-state index in [1.54, 1.807) is 48.5 Å². The largest absolute Gasteiger partial charge is 0.507 e. The maximum absolute atomic E-state index is 13.1. The second-order valence-electron chi connectivity index (χ2n) is 7.17. The smallest absolute Gasteiger partial charge is 0.300 e.